The molecule has 2 rings (SSSR count). The number of hydrogen-bond donors (Lipinski definition) is 2. The molecular formula is C18H25NO2. The average Bonchev–Trinajstić information content (AvgIpc) is 2.46. The minimum absolute atomic E-state index is 0.0153. The topological polar surface area (TPSA) is 49.3 Å². The van der Waals surface area contributed by atoms with Crippen molar-refractivity contribution in [3.8, 4) is 0 Å². The molecule has 3 nitrogen and oxygen atoms in total. The number of aryl methyl sites for hydroxylation is 1. The van der Waals surface area contributed by atoms with Crippen LogP contribution in [-0.4, -0.2) is 23.2 Å². The lowest BCUT2D eigenvalue weighted by Crippen LogP contribution is -2.53. The van der Waals surface area contributed by atoms with E-state index in [4.69, 9.17) is 0 Å². The van der Waals surface area contributed by atoms with Crippen LogP contribution in [0.3, 0.4) is 0 Å². The first kappa shape index (κ1) is 15.8. The summed E-state index contributed by atoms with van der Waals surface area (Å²) in [7, 11) is 0. The monoisotopic (exact) mass is 287 g/mol. The van der Waals surface area contributed by atoms with Gasteiger partial charge < -0.3 is 10.4 Å². The molecule has 1 fully saturated rings. The smallest absolute Gasteiger partial charge is 0.244 e. The first-order valence-electron chi connectivity index (χ1n) is 7.71. The molecule has 1 aliphatic carbocycles. The maximum Gasteiger partial charge on any atom is 0.244 e. The van der Waals surface area contributed by atoms with Crippen molar-refractivity contribution in [3.63, 3.8) is 0 Å². The Morgan fingerprint density at radius 3 is 2.76 bits per heavy atom. The molecule has 21 heavy (non-hydrogen) atoms. The predicted molar refractivity (Wildman–Crippen MR) is 85.8 cm³/mol. The lowest BCUT2D eigenvalue weighted by atomic mass is 9.77. The summed E-state index contributed by atoms with van der Waals surface area (Å²) in [6.07, 6.45) is 7.32. The summed E-state index contributed by atoms with van der Waals surface area (Å²) in [5, 5.41) is 12.7. The molecule has 0 spiro atoms. The first-order valence-corrected chi connectivity index (χ1v) is 7.71. The van der Waals surface area contributed by atoms with Crippen molar-refractivity contribution in [1.29, 1.82) is 0 Å². The SMILES string of the molecule is Cc1ccc(C=CC(=O)NC2(CO)CCCC(C)C2)cc1. The van der Waals surface area contributed by atoms with Gasteiger partial charge in [0.25, 0.3) is 0 Å². The van der Waals surface area contributed by atoms with Gasteiger partial charge in [0.2, 0.25) is 5.91 Å². The highest BCUT2D eigenvalue weighted by Crippen LogP contribution is 2.31. The molecular weight excluding hydrogens is 262 g/mol. The van der Waals surface area contributed by atoms with Crippen molar-refractivity contribution in [2.75, 3.05) is 6.61 Å². The largest absolute Gasteiger partial charge is 0.394 e. The van der Waals surface area contributed by atoms with Gasteiger partial charge in [0.05, 0.1) is 12.1 Å². The number of aliphatic hydroxyl groups excluding tert-OH is 1. The number of amides is 1. The van der Waals surface area contributed by atoms with Crippen molar-refractivity contribution in [2.45, 2.75) is 45.1 Å². The average molecular weight is 287 g/mol. The fourth-order valence-corrected chi connectivity index (χ4v) is 3.11. The number of benzene rings is 1. The Labute approximate surface area is 127 Å². The fourth-order valence-electron chi connectivity index (χ4n) is 3.11. The minimum atomic E-state index is -0.438. The van der Waals surface area contributed by atoms with Gasteiger partial charge in [-0.15, -0.1) is 0 Å². The van der Waals surface area contributed by atoms with Crippen molar-refractivity contribution >= 4 is 12.0 Å². The molecule has 0 aromatic heterocycles. The zero-order chi connectivity index (χ0) is 15.3. The number of aliphatic hydroxyl groups is 1. The number of hydrogen-bond acceptors (Lipinski definition) is 2. The van der Waals surface area contributed by atoms with Gasteiger partial charge in [0.1, 0.15) is 0 Å². The first-order chi connectivity index (χ1) is 10.0. The van der Waals surface area contributed by atoms with Crippen LogP contribution in [0.25, 0.3) is 6.08 Å². The van der Waals surface area contributed by atoms with E-state index in [1.165, 1.54) is 12.0 Å². The summed E-state index contributed by atoms with van der Waals surface area (Å²) in [4.78, 5) is 12.1. The Kier molecular flexibility index (Phi) is 5.18. The van der Waals surface area contributed by atoms with Gasteiger partial charge in [-0.2, -0.15) is 0 Å². The molecule has 1 aliphatic rings. The van der Waals surface area contributed by atoms with Crippen LogP contribution >= 0.6 is 0 Å². The number of carbonyl (C=O) groups excluding carboxylic acids is 1. The van der Waals surface area contributed by atoms with E-state index in [9.17, 15) is 9.90 Å². The summed E-state index contributed by atoms with van der Waals surface area (Å²) in [6, 6.07) is 8.03. The van der Waals surface area contributed by atoms with E-state index in [1.807, 2.05) is 37.3 Å². The van der Waals surface area contributed by atoms with Crippen LogP contribution in [-0.2, 0) is 4.79 Å². The molecule has 0 bridgehead atoms. The Hall–Kier alpha value is -1.61. The highest BCUT2D eigenvalue weighted by molar-refractivity contribution is 5.92. The summed E-state index contributed by atoms with van der Waals surface area (Å²) in [5.74, 6) is 0.422. The quantitative estimate of drug-likeness (QED) is 0.836. The second kappa shape index (κ2) is 6.90. The second-order valence-corrected chi connectivity index (χ2v) is 6.37. The molecule has 3 heteroatoms. The molecule has 1 aromatic rings. The summed E-state index contributed by atoms with van der Waals surface area (Å²) < 4.78 is 0. The number of nitrogens with one attached hydrogen (secondary N) is 1. The van der Waals surface area contributed by atoms with Gasteiger partial charge in [-0.3, -0.25) is 4.79 Å². The van der Waals surface area contributed by atoms with Crippen LogP contribution in [0.2, 0.25) is 0 Å². The van der Waals surface area contributed by atoms with Gasteiger partial charge in [0, 0.05) is 6.08 Å². The Balaban J connectivity index is 1.98. The lowest BCUT2D eigenvalue weighted by molar-refractivity contribution is -0.119. The third-order valence-corrected chi connectivity index (χ3v) is 4.29. The van der Waals surface area contributed by atoms with Crippen molar-refractivity contribution in [2.24, 2.45) is 5.92 Å². The van der Waals surface area contributed by atoms with Crippen LogP contribution in [0.4, 0.5) is 0 Å². The molecule has 0 heterocycles. The van der Waals surface area contributed by atoms with Crippen LogP contribution < -0.4 is 5.32 Å². The zero-order valence-electron chi connectivity index (χ0n) is 12.9. The van der Waals surface area contributed by atoms with Gasteiger partial charge in [-0.25, -0.2) is 0 Å². The molecule has 0 saturated heterocycles. The van der Waals surface area contributed by atoms with Crippen LogP contribution in [0, 0.1) is 12.8 Å². The van der Waals surface area contributed by atoms with E-state index in [0.29, 0.717) is 5.92 Å². The standard InChI is InChI=1S/C18H25NO2/c1-14-5-7-16(8-6-14)9-10-17(21)19-18(13-20)11-3-4-15(2)12-18/h5-10,15,20H,3-4,11-13H2,1-2H3,(H,19,21). The van der Waals surface area contributed by atoms with Gasteiger partial charge in [-0.05, 0) is 37.3 Å². The van der Waals surface area contributed by atoms with E-state index in [2.05, 4.69) is 12.2 Å². The van der Waals surface area contributed by atoms with Crippen molar-refractivity contribution in [3.05, 3.63) is 41.5 Å². The number of rotatable bonds is 4. The maximum absolute atomic E-state index is 12.1. The molecule has 1 saturated carbocycles. The van der Waals surface area contributed by atoms with Crippen LogP contribution in [0.15, 0.2) is 30.3 Å². The van der Waals surface area contributed by atoms with Crippen molar-refractivity contribution < 1.29 is 9.90 Å². The van der Waals surface area contributed by atoms with E-state index in [-0.39, 0.29) is 12.5 Å². The highest BCUT2D eigenvalue weighted by atomic mass is 16.3. The predicted octanol–water partition coefficient (Wildman–Crippen LogP) is 3.07. The molecule has 1 amide bonds. The summed E-state index contributed by atoms with van der Waals surface area (Å²) in [5.41, 5.74) is 1.77. The molecule has 114 valence electrons. The third-order valence-electron chi connectivity index (χ3n) is 4.29. The van der Waals surface area contributed by atoms with Crippen molar-refractivity contribution in [1.82, 2.24) is 5.32 Å². The number of carbonyl (C=O) groups is 1. The van der Waals surface area contributed by atoms with Gasteiger partial charge >= 0.3 is 0 Å². The summed E-state index contributed by atoms with van der Waals surface area (Å²) >= 11 is 0. The van der Waals surface area contributed by atoms with Gasteiger partial charge in [-0.1, -0.05) is 49.6 Å². The van der Waals surface area contributed by atoms with E-state index >= 15 is 0 Å². The second-order valence-electron chi connectivity index (χ2n) is 6.37. The lowest BCUT2D eigenvalue weighted by Gasteiger charge is -2.39. The minimum Gasteiger partial charge on any atom is -0.394 e. The van der Waals surface area contributed by atoms with Crippen LogP contribution in [0.1, 0.15) is 43.7 Å². The van der Waals surface area contributed by atoms with E-state index < -0.39 is 5.54 Å². The normalized spacial score (nSPS) is 26.0. The Morgan fingerprint density at radius 1 is 1.43 bits per heavy atom. The summed E-state index contributed by atoms with van der Waals surface area (Å²) in [6.45, 7) is 4.23. The molecule has 1 aromatic carbocycles. The molecule has 2 atom stereocenters. The third kappa shape index (κ3) is 4.43. The fraction of sp³-hybridized carbons (Fsp3) is 0.500. The zero-order valence-corrected chi connectivity index (χ0v) is 12.9. The molecule has 2 N–H and O–H groups in total. The van der Waals surface area contributed by atoms with E-state index in [1.54, 1.807) is 6.08 Å². The van der Waals surface area contributed by atoms with E-state index in [0.717, 1.165) is 24.8 Å². The van der Waals surface area contributed by atoms with Crippen LogP contribution in [0.5, 0.6) is 0 Å². The maximum atomic E-state index is 12.1. The van der Waals surface area contributed by atoms with Gasteiger partial charge in [0.15, 0.2) is 0 Å². The molecule has 0 aliphatic heterocycles. The highest BCUT2D eigenvalue weighted by Gasteiger charge is 2.35. The Morgan fingerprint density at radius 2 is 2.14 bits per heavy atom. The Bertz CT molecular complexity index is 506. The molecule has 2 unspecified atom stereocenters. The molecule has 0 radical (unpaired) electrons.